The van der Waals surface area contributed by atoms with Crippen molar-refractivity contribution in [1.82, 2.24) is 19.6 Å². The molecule has 1 N–H and O–H groups in total. The van der Waals surface area contributed by atoms with E-state index in [0.29, 0.717) is 4.96 Å². The smallest absolute Gasteiger partial charge is 0.271 e. The van der Waals surface area contributed by atoms with Crippen molar-refractivity contribution in [2.75, 3.05) is 19.6 Å². The Bertz CT molecular complexity index is 772. The van der Waals surface area contributed by atoms with Gasteiger partial charge in [0.05, 0.1) is 0 Å². The van der Waals surface area contributed by atoms with Crippen molar-refractivity contribution in [3.05, 3.63) is 33.7 Å². The van der Waals surface area contributed by atoms with E-state index in [2.05, 4.69) is 15.2 Å². The number of likely N-dealkylation sites (tertiary alicyclic amines) is 1. The van der Waals surface area contributed by atoms with Crippen LogP contribution in [-0.2, 0) is 0 Å². The van der Waals surface area contributed by atoms with Crippen LogP contribution in [-0.4, -0.2) is 45.4 Å². The number of hydrogen-bond acceptors (Lipinski definition) is 5. The van der Waals surface area contributed by atoms with E-state index >= 15 is 0 Å². The number of rotatable bonds is 4. The first kappa shape index (κ1) is 17.1. The Morgan fingerprint density at radius 3 is 2.71 bits per heavy atom. The molecule has 0 bridgehead atoms. The van der Waals surface area contributed by atoms with Gasteiger partial charge in [0.1, 0.15) is 5.56 Å². The summed E-state index contributed by atoms with van der Waals surface area (Å²) in [5.41, 5.74) is -0.624. The van der Waals surface area contributed by atoms with E-state index in [4.69, 9.17) is 0 Å². The van der Waals surface area contributed by atoms with Crippen LogP contribution in [0.4, 0.5) is 0 Å². The molecule has 1 fully saturated rings. The monoisotopic (exact) mass is 348 g/mol. The average molecular weight is 348 g/mol. The van der Waals surface area contributed by atoms with Crippen LogP contribution in [0, 0.1) is 0 Å². The van der Waals surface area contributed by atoms with Crippen LogP contribution in [0.3, 0.4) is 0 Å². The summed E-state index contributed by atoms with van der Waals surface area (Å²) in [5, 5.41) is 4.79. The SMILES string of the molecule is CC(C)(CN1CCCCCC1)NC(=O)c1cnc2sccn2c1=O. The van der Waals surface area contributed by atoms with Crippen molar-refractivity contribution >= 4 is 22.2 Å². The van der Waals surface area contributed by atoms with Crippen molar-refractivity contribution in [3.63, 3.8) is 0 Å². The highest BCUT2D eigenvalue weighted by molar-refractivity contribution is 7.15. The van der Waals surface area contributed by atoms with Crippen LogP contribution in [0.2, 0.25) is 0 Å². The second kappa shape index (κ2) is 7.03. The predicted octanol–water partition coefficient (Wildman–Crippen LogP) is 2.14. The third-order valence-electron chi connectivity index (χ3n) is 4.36. The third kappa shape index (κ3) is 3.84. The maximum atomic E-state index is 12.6. The Morgan fingerprint density at radius 1 is 1.29 bits per heavy atom. The lowest BCUT2D eigenvalue weighted by Crippen LogP contribution is -2.52. The number of carbonyl (C=O) groups excluding carboxylic acids is 1. The molecule has 1 amide bonds. The molecule has 1 aliphatic rings. The Labute approximate surface area is 145 Å². The van der Waals surface area contributed by atoms with Gasteiger partial charge in [-0.05, 0) is 39.8 Å². The molecule has 24 heavy (non-hydrogen) atoms. The molecule has 1 saturated heterocycles. The molecule has 3 heterocycles. The molecule has 130 valence electrons. The molecule has 6 nitrogen and oxygen atoms in total. The summed E-state index contributed by atoms with van der Waals surface area (Å²) in [4.78, 5) is 32.2. The summed E-state index contributed by atoms with van der Waals surface area (Å²) < 4.78 is 1.42. The van der Waals surface area contributed by atoms with Gasteiger partial charge in [-0.1, -0.05) is 12.8 Å². The third-order valence-corrected chi connectivity index (χ3v) is 5.13. The van der Waals surface area contributed by atoms with Gasteiger partial charge in [-0.2, -0.15) is 0 Å². The fourth-order valence-corrected chi connectivity index (χ4v) is 3.92. The van der Waals surface area contributed by atoms with Crippen LogP contribution in [0.1, 0.15) is 49.9 Å². The zero-order valence-corrected chi connectivity index (χ0v) is 15.1. The van der Waals surface area contributed by atoms with Gasteiger partial charge >= 0.3 is 0 Å². The first-order valence-corrected chi connectivity index (χ1v) is 9.34. The van der Waals surface area contributed by atoms with Gasteiger partial charge < -0.3 is 10.2 Å². The fourth-order valence-electron chi connectivity index (χ4n) is 3.25. The van der Waals surface area contributed by atoms with E-state index in [-0.39, 0.29) is 17.0 Å². The number of aromatic nitrogens is 2. The molecule has 0 radical (unpaired) electrons. The summed E-state index contributed by atoms with van der Waals surface area (Å²) in [6, 6.07) is 0. The molecule has 0 spiro atoms. The van der Waals surface area contributed by atoms with Crippen molar-refractivity contribution in [2.45, 2.75) is 45.1 Å². The van der Waals surface area contributed by atoms with E-state index in [0.717, 1.165) is 19.6 Å². The first-order chi connectivity index (χ1) is 11.5. The number of amides is 1. The molecule has 1 aliphatic heterocycles. The summed E-state index contributed by atoms with van der Waals surface area (Å²) in [5.74, 6) is -0.354. The maximum Gasteiger partial charge on any atom is 0.271 e. The molecule has 0 atom stereocenters. The number of nitrogens with one attached hydrogen (secondary N) is 1. The van der Waals surface area contributed by atoms with Gasteiger partial charge in [0.2, 0.25) is 0 Å². The first-order valence-electron chi connectivity index (χ1n) is 8.46. The van der Waals surface area contributed by atoms with E-state index in [1.54, 1.807) is 11.6 Å². The normalized spacial score (nSPS) is 16.9. The number of thiazole rings is 1. The number of hydrogen-bond donors (Lipinski definition) is 1. The zero-order chi connectivity index (χ0) is 17.2. The molecule has 2 aromatic heterocycles. The lowest BCUT2D eigenvalue weighted by molar-refractivity contribution is 0.0885. The summed E-state index contributed by atoms with van der Waals surface area (Å²) in [7, 11) is 0. The Kier molecular flexibility index (Phi) is 5.01. The maximum absolute atomic E-state index is 12.6. The lowest BCUT2D eigenvalue weighted by Gasteiger charge is -2.32. The highest BCUT2D eigenvalue weighted by atomic mass is 32.1. The van der Waals surface area contributed by atoms with Gasteiger partial charge in [0, 0.05) is 29.9 Å². The standard InChI is InChI=1S/C17H24N4O2S/c1-17(2,12-20-7-5-3-4-6-8-20)19-14(22)13-11-18-16-21(15(13)23)9-10-24-16/h9-11H,3-8,12H2,1-2H3,(H,19,22). The van der Waals surface area contributed by atoms with E-state index in [1.165, 1.54) is 47.6 Å². The number of fused-ring (bicyclic) bond motifs is 1. The van der Waals surface area contributed by atoms with Crippen molar-refractivity contribution < 1.29 is 4.79 Å². The van der Waals surface area contributed by atoms with Crippen LogP contribution in [0.25, 0.3) is 4.96 Å². The van der Waals surface area contributed by atoms with Gasteiger partial charge in [-0.3, -0.25) is 14.0 Å². The highest BCUT2D eigenvalue weighted by Crippen LogP contribution is 2.14. The average Bonchev–Trinajstić information content (AvgIpc) is 2.86. The highest BCUT2D eigenvalue weighted by Gasteiger charge is 2.26. The summed E-state index contributed by atoms with van der Waals surface area (Å²) in [6.07, 6.45) is 8.02. The second-order valence-electron chi connectivity index (χ2n) is 7.06. The van der Waals surface area contributed by atoms with Crippen molar-refractivity contribution in [3.8, 4) is 0 Å². The van der Waals surface area contributed by atoms with Crippen LogP contribution < -0.4 is 10.9 Å². The molecule has 0 unspecified atom stereocenters. The fraction of sp³-hybridized carbons (Fsp3) is 0.588. The Morgan fingerprint density at radius 2 is 2.00 bits per heavy atom. The number of nitrogens with zero attached hydrogens (tertiary/aromatic N) is 3. The van der Waals surface area contributed by atoms with Crippen molar-refractivity contribution in [1.29, 1.82) is 0 Å². The molecular weight excluding hydrogens is 324 g/mol. The minimum absolute atomic E-state index is 0.0924. The van der Waals surface area contributed by atoms with Gasteiger partial charge in [-0.15, -0.1) is 11.3 Å². The van der Waals surface area contributed by atoms with Crippen LogP contribution in [0.15, 0.2) is 22.6 Å². The van der Waals surface area contributed by atoms with Crippen LogP contribution in [0.5, 0.6) is 0 Å². The zero-order valence-electron chi connectivity index (χ0n) is 14.2. The van der Waals surface area contributed by atoms with Gasteiger partial charge in [0.25, 0.3) is 11.5 Å². The molecule has 0 saturated carbocycles. The molecule has 0 aliphatic carbocycles. The molecule has 2 aromatic rings. The quantitative estimate of drug-likeness (QED) is 0.919. The topological polar surface area (TPSA) is 66.7 Å². The van der Waals surface area contributed by atoms with Crippen molar-refractivity contribution in [2.24, 2.45) is 0 Å². The van der Waals surface area contributed by atoms with E-state index in [9.17, 15) is 9.59 Å². The van der Waals surface area contributed by atoms with Crippen LogP contribution >= 0.6 is 11.3 Å². The van der Waals surface area contributed by atoms with Gasteiger partial charge in [0.15, 0.2) is 4.96 Å². The molecule has 3 rings (SSSR count). The van der Waals surface area contributed by atoms with Gasteiger partial charge in [-0.25, -0.2) is 4.98 Å². The molecule has 7 heteroatoms. The minimum atomic E-state index is -0.401. The Hall–Kier alpha value is -1.73. The Balaban J connectivity index is 1.72. The minimum Gasteiger partial charge on any atom is -0.346 e. The summed E-state index contributed by atoms with van der Waals surface area (Å²) in [6.45, 7) is 6.94. The number of carbonyl (C=O) groups is 1. The van der Waals surface area contributed by atoms with E-state index < -0.39 is 5.54 Å². The lowest BCUT2D eigenvalue weighted by atomic mass is 10.0. The second-order valence-corrected chi connectivity index (χ2v) is 7.93. The predicted molar refractivity (Wildman–Crippen MR) is 95.8 cm³/mol. The largest absolute Gasteiger partial charge is 0.346 e. The molecule has 0 aromatic carbocycles. The summed E-state index contributed by atoms with van der Waals surface area (Å²) >= 11 is 1.37. The van der Waals surface area contributed by atoms with E-state index in [1.807, 2.05) is 13.8 Å². The molecular formula is C17H24N4O2S.